The van der Waals surface area contributed by atoms with E-state index in [0.717, 1.165) is 99.9 Å². The van der Waals surface area contributed by atoms with Gasteiger partial charge in [0.25, 0.3) is 36.7 Å². The Kier molecular flexibility index (Phi) is 33.1. The predicted molar refractivity (Wildman–Crippen MR) is 521 cm³/mol. The fourth-order valence-corrected chi connectivity index (χ4v) is 21.0. The second-order valence-corrected chi connectivity index (χ2v) is 39.9. The van der Waals surface area contributed by atoms with E-state index in [0.29, 0.717) is 71.8 Å². The van der Waals surface area contributed by atoms with Gasteiger partial charge in [0.05, 0.1) is 75.9 Å². The lowest BCUT2D eigenvalue weighted by Crippen LogP contribution is -2.41. The molecule has 17 aromatic rings. The summed E-state index contributed by atoms with van der Waals surface area (Å²) in [4.78, 5) is 96.9. The molecule has 12 aromatic heterocycles. The van der Waals surface area contributed by atoms with Crippen molar-refractivity contribution < 1.29 is 85.1 Å². The van der Waals surface area contributed by atoms with Gasteiger partial charge >= 0.3 is 7.12 Å². The van der Waals surface area contributed by atoms with Gasteiger partial charge in [0, 0.05) is 124 Å². The molecule has 0 amide bonds. The minimum atomic E-state index is -4.02. The Bertz CT molecular complexity index is 7760. The Balaban J connectivity index is 0.000000167. The van der Waals surface area contributed by atoms with Gasteiger partial charge in [-0.05, 0) is 232 Å². The van der Waals surface area contributed by atoms with Gasteiger partial charge in [-0.1, -0.05) is 75.5 Å². The van der Waals surface area contributed by atoms with Crippen molar-refractivity contribution in [3.63, 3.8) is 0 Å². The topological polar surface area (TPSA) is 288 Å². The lowest BCUT2D eigenvalue weighted by molar-refractivity contribution is 0.00578. The van der Waals surface area contributed by atoms with Crippen molar-refractivity contribution in [3.8, 4) is 20.9 Å². The summed E-state index contributed by atoms with van der Waals surface area (Å²) < 4.78 is 193. The molecule has 137 heavy (non-hydrogen) atoms. The van der Waals surface area contributed by atoms with Crippen LogP contribution in [-0.4, -0.2) is 106 Å². The summed E-state index contributed by atoms with van der Waals surface area (Å²) in [5.74, 6) is -8.39. The summed E-state index contributed by atoms with van der Waals surface area (Å²) in [6.45, 7) is 8.02. The fraction of sp³-hybridized carbons (Fsp3) is 0.182. The molecule has 0 unspecified atom stereocenters. The molecule has 1 aliphatic heterocycles. The van der Waals surface area contributed by atoms with Gasteiger partial charge in [-0.15, -0.1) is 34.0 Å². The summed E-state index contributed by atoms with van der Waals surface area (Å²) in [5.41, 5.74) is 1.17. The number of hydrogen-bond donors (Lipinski definition) is 2. The number of thiophene rings is 3. The quantitative estimate of drug-likeness (QED) is 0.0233. The molecule has 0 atom stereocenters. The maximum absolute atomic E-state index is 14.2. The van der Waals surface area contributed by atoms with Gasteiger partial charge in [0.2, 0.25) is 0 Å². The number of aromatic nitrogens is 9. The van der Waals surface area contributed by atoms with Crippen molar-refractivity contribution in [2.24, 2.45) is 0 Å². The third-order valence-corrected chi connectivity index (χ3v) is 29.7. The molecule has 1 fully saturated rings. The number of hydrogen-bond acceptors (Lipinski definition) is 19. The van der Waals surface area contributed by atoms with E-state index in [2.05, 4.69) is 19.9 Å². The smallest absolute Gasteiger partial charge is 0.400 e. The van der Waals surface area contributed by atoms with Gasteiger partial charge in [0.1, 0.15) is 23.1 Å². The lowest BCUT2D eigenvalue weighted by Gasteiger charge is -2.32. The van der Waals surface area contributed by atoms with Crippen LogP contribution in [-0.2, 0) is 68.3 Å². The Morgan fingerprint density at radius 1 is 0.431 bits per heavy atom. The summed E-state index contributed by atoms with van der Waals surface area (Å²) >= 11 is 6.30. The van der Waals surface area contributed by atoms with Gasteiger partial charge in [-0.2, -0.15) is 0 Å². The number of aliphatic hydroxyl groups excluding tert-OH is 1. The van der Waals surface area contributed by atoms with Crippen LogP contribution in [0.4, 0.5) is 39.5 Å². The predicted octanol–water partition coefficient (Wildman–Crippen LogP) is 20.4. The molecule has 2 N–H and O–H groups in total. The molecule has 13 heterocycles. The van der Waals surface area contributed by atoms with E-state index in [1.165, 1.54) is 158 Å². The molecular formula is C99H86BF9IN9O13S5. The van der Waals surface area contributed by atoms with Gasteiger partial charge < -0.3 is 33.1 Å². The molecule has 22 nitrogen and oxygen atoms in total. The molecule has 18 rings (SSSR count). The van der Waals surface area contributed by atoms with E-state index >= 15 is 0 Å². The second kappa shape index (κ2) is 44.0. The maximum atomic E-state index is 14.2. The summed E-state index contributed by atoms with van der Waals surface area (Å²) in [6.07, 6.45) is 13.8. The molecule has 0 spiro atoms. The van der Waals surface area contributed by atoms with Crippen LogP contribution in [0.25, 0.3) is 54.0 Å². The number of carbonyl (C=O) groups excluding carboxylic acids is 3. The minimum absolute atomic E-state index is 0. The summed E-state index contributed by atoms with van der Waals surface area (Å²) in [5, 5.41) is 8.48. The molecule has 0 aliphatic carbocycles. The molecule has 708 valence electrons. The highest BCUT2D eigenvalue weighted by Crippen LogP contribution is 2.40. The monoisotopic (exact) mass is 2080 g/mol. The van der Waals surface area contributed by atoms with Crippen molar-refractivity contribution in [1.29, 1.82) is 0 Å². The molecule has 1 aliphatic rings. The first kappa shape index (κ1) is 103. The standard InChI is InChI=1S/C32H22F3N3O4S2.C26H18F3N3O2S.C25H26BF2NO4S.C13H8FIN2O2S.CH4O.2CH4/c33-21-16-25-26(19-38(31(25)36-17-21)44(41,42)23-5-2-1-3-6-23)30-13-10-22(43-30)9-12-29(39)24-7-4-14-37(32(24)40)18-20-8-11-27(34)28(35)15-20;27-16-11-19-20(13-31-25(19)30-12-16)24-8-5-17(35-24)4-7-23(33)18-2-1-9-32(26(18)34)14-15-3-6-21(28)22(29)10-15;1-24(2)25(3,4)33-26(32-24)22-12-9-17(34-22)8-11-21(30)18-6-5-13-29(23(18)31)15-16-7-10-19(27)20(28)14-16;14-9-6-11-12(15)8-17(13(11)16-7-9)20(18,19)10-4-2-1-3-5-10;1-2;;/h1-8,10-11,13-17,19H,9,12,18H2;1-3,5-6,8-13H,4,7,14H2,(H,30,31);5-7,9-10,12-14H,8,11,15H2,1-4H3;1-8H;2H,1H3;2*1H4. The molecule has 38 heteroatoms. The van der Waals surface area contributed by atoms with E-state index in [9.17, 15) is 85.1 Å². The largest absolute Gasteiger partial charge is 0.505 e. The highest BCUT2D eigenvalue weighted by Gasteiger charge is 2.52. The van der Waals surface area contributed by atoms with Crippen LogP contribution in [0.15, 0.2) is 286 Å². The Hall–Kier alpha value is -12.9. The SMILES string of the molecule is C.C.CC1(C)OB(c2ccc(CCC(=O)c3cccn(Cc4ccc(F)c(F)c4)c3=O)s2)OC1(C)C.CO.O=C(CCc1ccc(-c2c[nH]c3ncc(F)cc23)s1)c1cccn(Cc2ccc(F)c(F)c2)c1=O.O=C(CCc1ccc(-c2cn(S(=O)(=O)c3ccccc3)c3ncc(F)cc23)s1)c1cccn(Cc2ccc(F)c(F)c2)c1=O.O=S(=O)(c1ccccc1)n1cc(I)c2cc(F)cnc21. The van der Waals surface area contributed by atoms with E-state index < -0.39 is 107 Å². The number of nitrogens with one attached hydrogen (secondary N) is 1. The lowest BCUT2D eigenvalue weighted by atomic mass is 9.88. The normalized spacial score (nSPS) is 12.6. The number of ketones is 3. The number of Topliss-reactive ketones (excluding diaryl/α,β-unsaturated/α-hetero) is 3. The zero-order valence-electron chi connectivity index (χ0n) is 72.0. The first-order valence-electron chi connectivity index (χ1n) is 41.3. The first-order valence-corrected chi connectivity index (χ1v) is 47.7. The number of fused-ring (bicyclic) bond motifs is 3. The number of halogens is 10. The number of rotatable bonds is 25. The Morgan fingerprint density at radius 3 is 1.21 bits per heavy atom. The van der Waals surface area contributed by atoms with Gasteiger partial charge in [0.15, 0.2) is 63.5 Å². The highest BCUT2D eigenvalue weighted by atomic mass is 127. The fourth-order valence-electron chi connectivity index (χ4n) is 14.4. The van der Waals surface area contributed by atoms with Crippen LogP contribution in [0.1, 0.15) is 124 Å². The number of carbonyl (C=O) groups is 3. The van der Waals surface area contributed by atoms with Gasteiger partial charge in [-0.3, -0.25) is 28.8 Å². The Labute approximate surface area is 806 Å². The number of H-pyrrole nitrogens is 1. The average molecular weight is 2080 g/mol. The third-order valence-electron chi connectivity index (χ3n) is 22.0. The van der Waals surface area contributed by atoms with Gasteiger partial charge in [-0.25, -0.2) is 79.2 Å². The van der Waals surface area contributed by atoms with Crippen LogP contribution in [0, 0.1) is 55.9 Å². The van der Waals surface area contributed by atoms with Crippen LogP contribution in [0.2, 0.25) is 0 Å². The maximum Gasteiger partial charge on any atom is 0.505 e. The molecule has 0 saturated carbocycles. The van der Waals surface area contributed by atoms with Crippen LogP contribution in [0.5, 0.6) is 0 Å². The zero-order valence-corrected chi connectivity index (χ0v) is 78.3. The van der Waals surface area contributed by atoms with Crippen LogP contribution < -0.4 is 21.5 Å². The number of pyridine rings is 6. The van der Waals surface area contributed by atoms with Crippen molar-refractivity contribution in [1.82, 2.24) is 41.6 Å². The number of aryl methyl sites for hydroxylation is 3. The number of aromatic amines is 1. The average Bonchev–Trinajstić information content (AvgIpc) is 1.59. The minimum Gasteiger partial charge on any atom is -0.400 e. The molecule has 1 saturated heterocycles. The van der Waals surface area contributed by atoms with Crippen molar-refractivity contribution in [2.45, 2.75) is 122 Å². The van der Waals surface area contributed by atoms with Crippen LogP contribution in [0.3, 0.4) is 0 Å². The molecular weight excluding hydrogens is 1990 g/mol. The van der Waals surface area contributed by atoms with E-state index in [4.69, 9.17) is 14.4 Å². The van der Waals surface area contributed by atoms with Crippen LogP contribution >= 0.6 is 56.6 Å². The van der Waals surface area contributed by atoms with E-state index in [1.54, 1.807) is 72.9 Å². The zero-order chi connectivity index (χ0) is 96.5. The third kappa shape index (κ3) is 23.5. The molecule has 0 radical (unpaired) electrons. The Morgan fingerprint density at radius 2 is 0.796 bits per heavy atom. The number of nitrogens with zero attached hydrogens (tertiary/aromatic N) is 8. The van der Waals surface area contributed by atoms with E-state index in [-0.39, 0.29) is 109 Å². The summed E-state index contributed by atoms with van der Waals surface area (Å²) in [6, 6.07) is 50.5. The van der Waals surface area contributed by atoms with Crippen molar-refractivity contribution in [3.05, 3.63) is 397 Å². The molecule has 0 bridgehead atoms. The van der Waals surface area contributed by atoms with E-state index in [1.807, 2.05) is 74.6 Å². The highest BCUT2D eigenvalue weighted by molar-refractivity contribution is 14.1. The number of benzene rings is 5. The molecule has 5 aromatic carbocycles. The van der Waals surface area contributed by atoms with Crippen molar-refractivity contribution >= 4 is 139 Å². The van der Waals surface area contributed by atoms with Crippen molar-refractivity contribution in [2.75, 3.05) is 7.11 Å². The second-order valence-electron chi connectivity index (χ2n) is 31.6. The first-order chi connectivity index (χ1) is 64.5. The summed E-state index contributed by atoms with van der Waals surface area (Å²) in [7, 11) is -7.20. The number of aliphatic hydroxyl groups is 1.